The average molecular weight is 265 g/mol. The summed E-state index contributed by atoms with van der Waals surface area (Å²) in [5, 5.41) is 11.9. The second kappa shape index (κ2) is 7.53. The number of hydrogen-bond acceptors (Lipinski definition) is 4. The molecule has 0 saturated carbocycles. The van der Waals surface area contributed by atoms with Crippen molar-refractivity contribution in [3.63, 3.8) is 0 Å². The highest BCUT2D eigenvalue weighted by Gasteiger charge is 2.25. The van der Waals surface area contributed by atoms with E-state index in [0.29, 0.717) is 6.42 Å². The third-order valence-electron chi connectivity index (χ3n) is 2.74. The van der Waals surface area contributed by atoms with Crippen molar-refractivity contribution in [1.29, 1.82) is 0 Å². The monoisotopic (exact) mass is 265 g/mol. The van der Waals surface area contributed by atoms with Gasteiger partial charge in [-0.15, -0.1) is 0 Å². The van der Waals surface area contributed by atoms with Crippen molar-refractivity contribution >= 4 is 11.9 Å². The molecule has 0 heterocycles. The van der Waals surface area contributed by atoms with E-state index in [1.54, 1.807) is 0 Å². The van der Waals surface area contributed by atoms with Crippen molar-refractivity contribution < 1.29 is 19.4 Å². The minimum Gasteiger partial charge on any atom is -0.467 e. The minimum atomic E-state index is -1.02. The molecule has 2 atom stereocenters. The summed E-state index contributed by atoms with van der Waals surface area (Å²) in [7, 11) is 1.22. The highest BCUT2D eigenvalue weighted by Crippen LogP contribution is 2.03. The Morgan fingerprint density at radius 1 is 1.32 bits per heavy atom. The normalized spacial score (nSPS) is 13.4. The van der Waals surface area contributed by atoms with E-state index >= 15 is 0 Å². The summed E-state index contributed by atoms with van der Waals surface area (Å²) in [5.41, 5.74) is 1.05. The Labute approximate surface area is 112 Å². The van der Waals surface area contributed by atoms with E-state index in [1.165, 1.54) is 14.0 Å². The van der Waals surface area contributed by atoms with Gasteiger partial charge in [-0.3, -0.25) is 4.79 Å². The highest BCUT2D eigenvalue weighted by molar-refractivity contribution is 5.84. The summed E-state index contributed by atoms with van der Waals surface area (Å²) in [6, 6.07) is 8.55. The molecule has 19 heavy (non-hydrogen) atoms. The number of carbonyl (C=O) groups is 2. The summed E-state index contributed by atoms with van der Waals surface area (Å²) >= 11 is 0. The summed E-state index contributed by atoms with van der Waals surface area (Å²) in [6.45, 7) is 1.43. The van der Waals surface area contributed by atoms with E-state index in [1.807, 2.05) is 30.3 Å². The number of benzene rings is 1. The van der Waals surface area contributed by atoms with Crippen LogP contribution in [0.4, 0.5) is 0 Å². The maximum absolute atomic E-state index is 11.7. The molecular weight excluding hydrogens is 246 g/mol. The topological polar surface area (TPSA) is 75.6 Å². The van der Waals surface area contributed by atoms with Gasteiger partial charge in [-0.1, -0.05) is 30.3 Å². The molecule has 1 aromatic carbocycles. The molecule has 2 N–H and O–H groups in total. The van der Waals surface area contributed by atoms with E-state index in [-0.39, 0.29) is 12.3 Å². The Kier molecular flexibility index (Phi) is 6.02. The fourth-order valence-corrected chi connectivity index (χ4v) is 1.65. The molecule has 5 heteroatoms. The van der Waals surface area contributed by atoms with Gasteiger partial charge < -0.3 is 15.2 Å². The van der Waals surface area contributed by atoms with Crippen LogP contribution < -0.4 is 5.32 Å². The largest absolute Gasteiger partial charge is 0.467 e. The number of nitrogens with one attached hydrogen (secondary N) is 1. The predicted molar refractivity (Wildman–Crippen MR) is 70.4 cm³/mol. The Bertz CT molecular complexity index is 417. The number of carbonyl (C=O) groups excluding carboxylic acids is 2. The first-order chi connectivity index (χ1) is 9.04. The summed E-state index contributed by atoms with van der Waals surface area (Å²) in [4.78, 5) is 23.1. The lowest BCUT2D eigenvalue weighted by Crippen LogP contribution is -2.48. The van der Waals surface area contributed by atoms with E-state index in [4.69, 9.17) is 0 Å². The molecule has 1 rings (SSSR count). The van der Waals surface area contributed by atoms with Gasteiger partial charge in [0.1, 0.15) is 0 Å². The van der Waals surface area contributed by atoms with Crippen LogP contribution in [0.15, 0.2) is 30.3 Å². The number of methoxy groups -OCH3 is 1. The molecule has 0 aliphatic rings. The van der Waals surface area contributed by atoms with E-state index in [2.05, 4.69) is 10.1 Å². The van der Waals surface area contributed by atoms with Crippen LogP contribution in [0.5, 0.6) is 0 Å². The fraction of sp³-hybridized carbons (Fsp3) is 0.429. The van der Waals surface area contributed by atoms with Gasteiger partial charge in [0.15, 0.2) is 6.04 Å². The van der Waals surface area contributed by atoms with Crippen molar-refractivity contribution in [2.45, 2.75) is 31.9 Å². The van der Waals surface area contributed by atoms with Gasteiger partial charge in [-0.25, -0.2) is 4.79 Å². The number of ether oxygens (including phenoxy) is 1. The van der Waals surface area contributed by atoms with Crippen molar-refractivity contribution in [3.8, 4) is 0 Å². The molecule has 104 valence electrons. The van der Waals surface area contributed by atoms with E-state index in [9.17, 15) is 14.7 Å². The van der Waals surface area contributed by atoms with Crippen LogP contribution in [-0.4, -0.2) is 36.2 Å². The molecule has 1 amide bonds. The molecule has 0 spiro atoms. The van der Waals surface area contributed by atoms with Gasteiger partial charge in [-0.2, -0.15) is 0 Å². The summed E-state index contributed by atoms with van der Waals surface area (Å²) in [6.07, 6.45) is -0.155. The maximum atomic E-state index is 11.7. The van der Waals surface area contributed by atoms with E-state index in [0.717, 1.165) is 5.56 Å². The van der Waals surface area contributed by atoms with Crippen LogP contribution in [0.1, 0.15) is 18.9 Å². The Morgan fingerprint density at radius 2 is 1.95 bits per heavy atom. The lowest BCUT2D eigenvalue weighted by atomic mass is 10.1. The zero-order valence-electron chi connectivity index (χ0n) is 11.1. The number of aliphatic hydroxyl groups is 1. The number of amides is 1. The molecule has 0 saturated heterocycles. The predicted octanol–water partition coefficient (Wildman–Crippen LogP) is 0.658. The van der Waals surface area contributed by atoms with Crippen LogP contribution in [0.25, 0.3) is 0 Å². The highest BCUT2D eigenvalue weighted by atomic mass is 16.5. The van der Waals surface area contributed by atoms with Crippen molar-refractivity contribution in [2.24, 2.45) is 0 Å². The van der Waals surface area contributed by atoms with Crippen LogP contribution in [0.3, 0.4) is 0 Å². The van der Waals surface area contributed by atoms with Gasteiger partial charge in [0.25, 0.3) is 0 Å². The average Bonchev–Trinajstić information content (AvgIpc) is 2.42. The lowest BCUT2D eigenvalue weighted by molar-refractivity contribution is -0.148. The smallest absolute Gasteiger partial charge is 0.331 e. The minimum absolute atomic E-state index is 0.254. The van der Waals surface area contributed by atoms with Gasteiger partial charge in [0.05, 0.1) is 13.2 Å². The molecule has 0 bridgehead atoms. The third kappa shape index (κ3) is 5.09. The zero-order valence-corrected chi connectivity index (χ0v) is 11.1. The first kappa shape index (κ1) is 15.2. The van der Waals surface area contributed by atoms with Gasteiger partial charge in [0, 0.05) is 6.42 Å². The van der Waals surface area contributed by atoms with Crippen molar-refractivity contribution in [1.82, 2.24) is 5.32 Å². The first-order valence-electron chi connectivity index (χ1n) is 6.13. The van der Waals surface area contributed by atoms with Crippen molar-refractivity contribution in [2.75, 3.05) is 7.11 Å². The molecule has 0 unspecified atom stereocenters. The second-order valence-corrected chi connectivity index (χ2v) is 4.29. The number of rotatable bonds is 6. The van der Waals surface area contributed by atoms with Crippen LogP contribution >= 0.6 is 0 Å². The quantitative estimate of drug-likeness (QED) is 0.741. The molecule has 0 aromatic heterocycles. The fourth-order valence-electron chi connectivity index (χ4n) is 1.65. The molecule has 0 aliphatic carbocycles. The second-order valence-electron chi connectivity index (χ2n) is 4.29. The first-order valence-corrected chi connectivity index (χ1v) is 6.13. The van der Waals surface area contributed by atoms with Gasteiger partial charge >= 0.3 is 5.97 Å². The number of aliphatic hydroxyl groups excluding tert-OH is 1. The Balaban J connectivity index is 2.47. The van der Waals surface area contributed by atoms with E-state index < -0.39 is 18.1 Å². The maximum Gasteiger partial charge on any atom is 0.331 e. The number of hydrogen-bond donors (Lipinski definition) is 2. The Hall–Kier alpha value is -1.88. The Morgan fingerprint density at radius 3 is 2.47 bits per heavy atom. The molecule has 1 aromatic rings. The molecular formula is C14H19NO4. The summed E-state index contributed by atoms with van der Waals surface area (Å²) < 4.78 is 4.52. The van der Waals surface area contributed by atoms with Crippen molar-refractivity contribution in [3.05, 3.63) is 35.9 Å². The van der Waals surface area contributed by atoms with Crippen LogP contribution in [0, 0.1) is 0 Å². The molecule has 5 nitrogen and oxygen atoms in total. The standard InChI is InChI=1S/C14H19NO4/c1-10(16)13(14(18)19-2)15-12(17)9-8-11-6-4-3-5-7-11/h3-7,10,13,16H,8-9H2,1-2H3,(H,15,17)/t10-,13+/m1/s1. The molecule has 0 fully saturated rings. The van der Waals surface area contributed by atoms with Gasteiger partial charge in [0.2, 0.25) is 5.91 Å². The zero-order chi connectivity index (χ0) is 14.3. The molecule has 0 radical (unpaired) electrons. The van der Waals surface area contributed by atoms with Crippen LogP contribution in [-0.2, 0) is 20.7 Å². The number of esters is 1. The lowest BCUT2D eigenvalue weighted by Gasteiger charge is -2.18. The summed E-state index contributed by atoms with van der Waals surface area (Å²) in [5.74, 6) is -0.941. The third-order valence-corrected chi connectivity index (χ3v) is 2.74. The molecule has 0 aliphatic heterocycles. The van der Waals surface area contributed by atoms with Crippen LogP contribution in [0.2, 0.25) is 0 Å². The van der Waals surface area contributed by atoms with Gasteiger partial charge in [-0.05, 0) is 18.9 Å². The SMILES string of the molecule is COC(=O)[C@@H](NC(=O)CCc1ccccc1)[C@@H](C)O. The number of aryl methyl sites for hydroxylation is 1.